The van der Waals surface area contributed by atoms with Gasteiger partial charge in [-0.1, -0.05) is 20.1 Å². The minimum absolute atomic E-state index is 0.0548. The number of hydrogen-bond donors (Lipinski definition) is 1. The summed E-state index contributed by atoms with van der Waals surface area (Å²) in [5, 5.41) is 9.50. The number of rotatable bonds is 10. The molecule has 0 radical (unpaired) electrons. The van der Waals surface area contributed by atoms with Crippen molar-refractivity contribution in [1.82, 2.24) is 0 Å². The van der Waals surface area contributed by atoms with Gasteiger partial charge >= 0.3 is 11.9 Å². The van der Waals surface area contributed by atoms with E-state index in [0.717, 1.165) is 12.2 Å². The van der Waals surface area contributed by atoms with Crippen LogP contribution in [-0.2, 0) is 19.1 Å². The second kappa shape index (κ2) is 9.33. The summed E-state index contributed by atoms with van der Waals surface area (Å²) in [5.41, 5.74) is -0.414. The molecule has 0 unspecified atom stereocenters. The molecule has 1 N–H and O–H groups in total. The van der Waals surface area contributed by atoms with E-state index in [1.54, 1.807) is 0 Å². The van der Waals surface area contributed by atoms with Crippen molar-refractivity contribution in [3.05, 3.63) is 25.3 Å². The number of carbonyl (C=O) groups excluding carboxylic acids is 2. The first kappa shape index (κ1) is 17.4. The van der Waals surface area contributed by atoms with Crippen LogP contribution in [0.2, 0.25) is 0 Å². The van der Waals surface area contributed by atoms with Gasteiger partial charge in [0.15, 0.2) is 0 Å². The van der Waals surface area contributed by atoms with E-state index in [1.165, 1.54) is 0 Å². The van der Waals surface area contributed by atoms with Crippen LogP contribution in [0, 0.1) is 5.41 Å². The monoisotopic (exact) mass is 270 g/mol. The van der Waals surface area contributed by atoms with E-state index in [-0.39, 0.29) is 19.8 Å². The highest BCUT2D eigenvalue weighted by Gasteiger charge is 2.27. The molecule has 108 valence electrons. The van der Waals surface area contributed by atoms with Crippen molar-refractivity contribution in [1.29, 1.82) is 0 Å². The highest BCUT2D eigenvalue weighted by Crippen LogP contribution is 2.30. The third-order valence-corrected chi connectivity index (χ3v) is 3.17. The minimum Gasteiger partial charge on any atom is -0.463 e. The normalized spacial score (nSPS) is 10.6. The molecule has 0 heterocycles. The second-order valence-corrected chi connectivity index (χ2v) is 4.25. The van der Waals surface area contributed by atoms with Crippen molar-refractivity contribution in [2.24, 2.45) is 5.41 Å². The van der Waals surface area contributed by atoms with E-state index < -0.39 is 17.4 Å². The van der Waals surface area contributed by atoms with E-state index in [9.17, 15) is 14.7 Å². The van der Waals surface area contributed by atoms with Crippen molar-refractivity contribution < 1.29 is 24.2 Å². The topological polar surface area (TPSA) is 72.8 Å². The Hall–Kier alpha value is -1.62. The van der Waals surface area contributed by atoms with Gasteiger partial charge in [0.05, 0.1) is 13.2 Å². The number of ether oxygens (including phenoxy) is 2. The predicted molar refractivity (Wildman–Crippen MR) is 71.4 cm³/mol. The fourth-order valence-corrected chi connectivity index (χ4v) is 1.60. The zero-order chi connectivity index (χ0) is 14.7. The van der Waals surface area contributed by atoms with Crippen LogP contribution in [0.5, 0.6) is 0 Å². The van der Waals surface area contributed by atoms with Crippen LogP contribution < -0.4 is 0 Å². The molecule has 0 spiro atoms. The predicted octanol–water partition coefficient (Wildman–Crippen LogP) is 1.61. The van der Waals surface area contributed by atoms with Crippen LogP contribution >= 0.6 is 0 Å². The van der Waals surface area contributed by atoms with Crippen LogP contribution in [0.3, 0.4) is 0 Å². The molecule has 5 nitrogen and oxygen atoms in total. The van der Waals surface area contributed by atoms with Gasteiger partial charge in [-0.05, 0) is 24.7 Å². The van der Waals surface area contributed by atoms with Crippen LogP contribution in [0.25, 0.3) is 0 Å². The van der Waals surface area contributed by atoms with Crippen molar-refractivity contribution in [3.8, 4) is 0 Å². The second-order valence-electron chi connectivity index (χ2n) is 4.25. The van der Waals surface area contributed by atoms with Crippen LogP contribution in [0.15, 0.2) is 25.3 Å². The Balaban J connectivity index is 4.24. The fraction of sp³-hybridized carbons (Fsp3) is 0.571. The van der Waals surface area contributed by atoms with Gasteiger partial charge in [0, 0.05) is 18.8 Å². The molecule has 0 atom stereocenters. The van der Waals surface area contributed by atoms with E-state index in [2.05, 4.69) is 13.2 Å². The molecule has 0 fully saturated rings. The molecule has 0 aliphatic heterocycles. The minimum atomic E-state index is -0.485. The molecule has 0 amide bonds. The Morgan fingerprint density at radius 3 is 1.79 bits per heavy atom. The largest absolute Gasteiger partial charge is 0.463 e. The number of aliphatic hydroxyl groups is 1. The Labute approximate surface area is 113 Å². The summed E-state index contributed by atoms with van der Waals surface area (Å²) < 4.78 is 9.81. The summed E-state index contributed by atoms with van der Waals surface area (Å²) in [5.74, 6) is -0.970. The third kappa shape index (κ3) is 6.76. The third-order valence-electron chi connectivity index (χ3n) is 3.17. The number of hydrogen-bond acceptors (Lipinski definition) is 5. The van der Waals surface area contributed by atoms with Gasteiger partial charge in [0.1, 0.15) is 0 Å². The molecule has 0 saturated heterocycles. The van der Waals surface area contributed by atoms with Gasteiger partial charge in [0.2, 0.25) is 0 Å². The average molecular weight is 270 g/mol. The lowest BCUT2D eigenvalue weighted by Gasteiger charge is -2.30. The molecule has 0 aromatic carbocycles. The van der Waals surface area contributed by atoms with E-state index >= 15 is 0 Å². The van der Waals surface area contributed by atoms with Gasteiger partial charge in [-0.2, -0.15) is 0 Å². The average Bonchev–Trinajstić information content (AvgIpc) is 2.45. The van der Waals surface area contributed by atoms with Crippen LogP contribution in [0.1, 0.15) is 26.2 Å². The Bertz CT molecular complexity index is 290. The number of esters is 2. The lowest BCUT2D eigenvalue weighted by atomic mass is 9.80. The molecule has 0 aliphatic carbocycles. The number of carbonyl (C=O) groups is 2. The fourth-order valence-electron chi connectivity index (χ4n) is 1.60. The van der Waals surface area contributed by atoms with E-state index in [1.807, 2.05) is 6.92 Å². The molecular formula is C14H22O5. The molecule has 0 aliphatic rings. The lowest BCUT2D eigenvalue weighted by molar-refractivity contribution is -0.139. The molecule has 19 heavy (non-hydrogen) atoms. The van der Waals surface area contributed by atoms with Crippen molar-refractivity contribution in [2.75, 3.05) is 19.8 Å². The van der Waals surface area contributed by atoms with Crippen molar-refractivity contribution in [2.45, 2.75) is 26.2 Å². The first-order valence-electron chi connectivity index (χ1n) is 6.23. The highest BCUT2D eigenvalue weighted by molar-refractivity contribution is 5.81. The molecule has 0 bridgehead atoms. The van der Waals surface area contributed by atoms with Crippen LogP contribution in [-0.4, -0.2) is 36.9 Å². The zero-order valence-electron chi connectivity index (χ0n) is 11.4. The van der Waals surface area contributed by atoms with E-state index in [0.29, 0.717) is 19.3 Å². The van der Waals surface area contributed by atoms with Crippen molar-refractivity contribution in [3.63, 3.8) is 0 Å². The SMILES string of the molecule is C=CC(=O)OCCC(CC)(CO)CCOC(=O)C=C. The molecular weight excluding hydrogens is 248 g/mol. The van der Waals surface area contributed by atoms with Gasteiger partial charge in [-0.3, -0.25) is 0 Å². The van der Waals surface area contributed by atoms with Crippen molar-refractivity contribution >= 4 is 11.9 Å². The molecule has 0 aromatic heterocycles. The summed E-state index contributed by atoms with van der Waals surface area (Å²) >= 11 is 0. The summed E-state index contributed by atoms with van der Waals surface area (Å²) in [6.45, 7) is 8.89. The maximum absolute atomic E-state index is 10.9. The zero-order valence-corrected chi connectivity index (χ0v) is 11.4. The van der Waals surface area contributed by atoms with Gasteiger partial charge in [-0.15, -0.1) is 0 Å². The van der Waals surface area contributed by atoms with Gasteiger partial charge in [-0.25, -0.2) is 9.59 Å². The molecule has 0 saturated carbocycles. The summed E-state index contributed by atoms with van der Waals surface area (Å²) in [7, 11) is 0. The first-order chi connectivity index (χ1) is 9.03. The molecule has 0 aromatic rings. The maximum atomic E-state index is 10.9. The molecule has 0 rings (SSSR count). The van der Waals surface area contributed by atoms with Crippen LogP contribution in [0.4, 0.5) is 0 Å². The highest BCUT2D eigenvalue weighted by atomic mass is 16.5. The Morgan fingerprint density at radius 1 is 1.11 bits per heavy atom. The summed E-state index contributed by atoms with van der Waals surface area (Å²) in [4.78, 5) is 21.9. The summed E-state index contributed by atoms with van der Waals surface area (Å²) in [6.07, 6.45) is 3.90. The standard InChI is InChI=1S/C14H22O5/c1-4-12(16)18-9-7-14(6-3,11-15)8-10-19-13(17)5-2/h4-5,15H,1-2,6-11H2,3H3. The Morgan fingerprint density at radius 2 is 1.53 bits per heavy atom. The lowest BCUT2D eigenvalue weighted by Crippen LogP contribution is -2.29. The first-order valence-corrected chi connectivity index (χ1v) is 6.23. The van der Waals surface area contributed by atoms with E-state index in [4.69, 9.17) is 9.47 Å². The van der Waals surface area contributed by atoms with Gasteiger partial charge < -0.3 is 14.6 Å². The maximum Gasteiger partial charge on any atom is 0.330 e. The Kier molecular flexibility index (Phi) is 8.53. The van der Waals surface area contributed by atoms with Gasteiger partial charge in [0.25, 0.3) is 0 Å². The quantitative estimate of drug-likeness (QED) is 0.482. The summed E-state index contributed by atoms with van der Waals surface area (Å²) in [6, 6.07) is 0. The smallest absolute Gasteiger partial charge is 0.330 e. The number of aliphatic hydroxyl groups excluding tert-OH is 1. The molecule has 5 heteroatoms.